The minimum absolute atomic E-state index is 0.121. The van der Waals surface area contributed by atoms with E-state index in [4.69, 9.17) is 9.47 Å². The normalized spacial score (nSPS) is 17.4. The van der Waals surface area contributed by atoms with E-state index in [-0.39, 0.29) is 6.54 Å². The van der Waals surface area contributed by atoms with Gasteiger partial charge >= 0.3 is 6.09 Å². The summed E-state index contributed by atoms with van der Waals surface area (Å²) in [5.41, 5.74) is -0.954. The van der Waals surface area contributed by atoms with Crippen LogP contribution >= 0.6 is 0 Å². The first-order valence-electron chi connectivity index (χ1n) is 9.81. The summed E-state index contributed by atoms with van der Waals surface area (Å²) in [5.74, 6) is -0.0232. The maximum absolute atomic E-state index is 13.3. The third-order valence-corrected chi connectivity index (χ3v) is 5.90. The molecule has 2 atom stereocenters. The van der Waals surface area contributed by atoms with Gasteiger partial charge in [-0.2, -0.15) is 0 Å². The molecule has 0 aromatic heterocycles. The lowest BCUT2D eigenvalue weighted by atomic mass is 10.0. The van der Waals surface area contributed by atoms with E-state index in [1.807, 2.05) is 0 Å². The number of aliphatic hydroxyl groups is 1. The van der Waals surface area contributed by atoms with Crippen LogP contribution in [0, 0.1) is 5.82 Å². The van der Waals surface area contributed by atoms with E-state index in [1.165, 1.54) is 24.3 Å². The largest absolute Gasteiger partial charge is 0.483 e. The number of amides is 1. The maximum Gasteiger partial charge on any atom is 0.412 e. The van der Waals surface area contributed by atoms with Crippen molar-refractivity contribution in [3.63, 3.8) is 0 Å². The second kappa shape index (κ2) is 8.47. The molecule has 1 heterocycles. The van der Waals surface area contributed by atoms with Crippen LogP contribution in [0.15, 0.2) is 47.4 Å². The number of ether oxygens (including phenoxy) is 2. The molecule has 31 heavy (non-hydrogen) atoms. The van der Waals surface area contributed by atoms with Crippen molar-refractivity contribution >= 4 is 28.5 Å². The highest BCUT2D eigenvalue weighted by atomic mass is 32.2. The van der Waals surface area contributed by atoms with E-state index < -0.39 is 40.2 Å². The summed E-state index contributed by atoms with van der Waals surface area (Å²) < 4.78 is 39.4. The lowest BCUT2D eigenvalue weighted by Crippen LogP contribution is -2.51. The van der Waals surface area contributed by atoms with E-state index >= 15 is 0 Å². The molecule has 0 saturated heterocycles. The summed E-state index contributed by atoms with van der Waals surface area (Å²) in [6.07, 6.45) is -1.28. The lowest BCUT2D eigenvalue weighted by molar-refractivity contribution is -0.0312. The number of nitrogens with one attached hydrogen (secondary N) is 1. The number of hydrogen-bond acceptors (Lipinski definition) is 5. The van der Waals surface area contributed by atoms with Crippen molar-refractivity contribution in [2.75, 3.05) is 16.2 Å². The van der Waals surface area contributed by atoms with Crippen molar-refractivity contribution < 1.29 is 28.0 Å². The smallest absolute Gasteiger partial charge is 0.412 e. The molecule has 3 rings (SSSR count). The number of anilines is 2. The van der Waals surface area contributed by atoms with Crippen molar-refractivity contribution in [1.29, 1.82) is 0 Å². The molecular weight excluding hydrogens is 423 g/mol. The Bertz CT molecular complexity index is 983. The Balaban J connectivity index is 1.95. The van der Waals surface area contributed by atoms with E-state index in [2.05, 4.69) is 5.32 Å². The van der Waals surface area contributed by atoms with Gasteiger partial charge in [-0.1, -0.05) is 0 Å². The molecule has 0 saturated carbocycles. The number of nitrogens with zero attached hydrogens (tertiary/aromatic N) is 1. The first kappa shape index (κ1) is 23.0. The second-order valence-corrected chi connectivity index (χ2v) is 10.2. The first-order chi connectivity index (χ1) is 14.3. The average molecular weight is 451 g/mol. The Morgan fingerprint density at radius 2 is 1.84 bits per heavy atom. The lowest BCUT2D eigenvalue weighted by Gasteiger charge is -2.40. The summed E-state index contributed by atoms with van der Waals surface area (Å²) in [5, 5.41) is 13.1. The fourth-order valence-electron chi connectivity index (χ4n) is 2.95. The van der Waals surface area contributed by atoms with Gasteiger partial charge in [-0.05, 0) is 77.1 Å². The highest BCUT2D eigenvalue weighted by Crippen LogP contribution is 2.39. The molecule has 1 aliphatic heterocycles. The molecular formula is C22H27FN2O5S. The molecule has 2 aromatic rings. The predicted molar refractivity (Wildman–Crippen MR) is 117 cm³/mol. The zero-order valence-electron chi connectivity index (χ0n) is 18.1. The van der Waals surface area contributed by atoms with Gasteiger partial charge in [0, 0.05) is 5.69 Å². The molecule has 0 spiro atoms. The van der Waals surface area contributed by atoms with E-state index in [1.54, 1.807) is 57.1 Å². The number of hydrogen-bond donors (Lipinski definition) is 2. The highest BCUT2D eigenvalue weighted by molar-refractivity contribution is 7.86. The molecule has 1 aliphatic rings. The fraction of sp³-hybridized carbons (Fsp3) is 0.409. The van der Waals surface area contributed by atoms with Gasteiger partial charge in [0.1, 0.15) is 23.3 Å². The van der Waals surface area contributed by atoms with E-state index in [0.717, 1.165) is 0 Å². The van der Waals surface area contributed by atoms with Gasteiger partial charge in [0.25, 0.3) is 0 Å². The van der Waals surface area contributed by atoms with Crippen LogP contribution in [0.25, 0.3) is 0 Å². The first-order valence-corrected chi connectivity index (χ1v) is 10.9. The molecule has 0 bridgehead atoms. The third kappa shape index (κ3) is 5.74. The van der Waals surface area contributed by atoms with Gasteiger partial charge < -0.3 is 14.6 Å². The van der Waals surface area contributed by atoms with Crippen LogP contribution < -0.4 is 14.4 Å². The molecule has 0 radical (unpaired) electrons. The summed E-state index contributed by atoms with van der Waals surface area (Å²) in [4.78, 5) is 12.5. The van der Waals surface area contributed by atoms with Gasteiger partial charge in [0.2, 0.25) is 0 Å². The molecule has 2 N–H and O–H groups in total. The third-order valence-electron chi connectivity index (χ3n) is 4.48. The molecule has 1 amide bonds. The van der Waals surface area contributed by atoms with Gasteiger partial charge in [-0.3, -0.25) is 9.62 Å². The molecule has 9 heteroatoms. The summed E-state index contributed by atoms with van der Waals surface area (Å²) in [6, 6.07) is 10.3. The van der Waals surface area contributed by atoms with Gasteiger partial charge in [-0.25, -0.2) is 13.4 Å². The van der Waals surface area contributed by atoms with Gasteiger partial charge in [0.05, 0.1) is 22.7 Å². The van der Waals surface area contributed by atoms with Crippen LogP contribution in [0.2, 0.25) is 0 Å². The van der Waals surface area contributed by atoms with Crippen molar-refractivity contribution in [2.24, 2.45) is 0 Å². The standard InChI is InChI=1S/C22H27FN2O5S/c1-21(2,3)30-20(26)24-15-8-11-18-17(12-15)25(13-19(29-18)22(4,5)27)31(28)16-9-6-14(23)7-10-16/h6-12,19,27H,13H2,1-5H3,(H,24,26)/t19-,31?/m0/s1. The highest BCUT2D eigenvalue weighted by Gasteiger charge is 2.38. The van der Waals surface area contributed by atoms with Crippen LogP contribution in [0.3, 0.4) is 0 Å². The molecule has 1 unspecified atom stereocenters. The summed E-state index contributed by atoms with van der Waals surface area (Å²) in [6.45, 7) is 8.63. The predicted octanol–water partition coefficient (Wildman–Crippen LogP) is 4.23. The topological polar surface area (TPSA) is 88.1 Å². The SMILES string of the molecule is CC(C)(C)OC(=O)Nc1ccc2c(c1)N(S(=O)c1ccc(F)cc1)C[C@@H](C(C)(C)O)O2. The average Bonchev–Trinajstić information content (AvgIpc) is 2.65. The minimum Gasteiger partial charge on any atom is -0.483 e. The Labute approximate surface area is 183 Å². The molecule has 0 aliphatic carbocycles. The number of fused-ring (bicyclic) bond motifs is 1. The molecule has 2 aromatic carbocycles. The number of rotatable bonds is 4. The quantitative estimate of drug-likeness (QED) is 0.728. The molecule has 168 valence electrons. The van der Waals surface area contributed by atoms with Gasteiger partial charge in [-0.15, -0.1) is 0 Å². The van der Waals surface area contributed by atoms with Crippen LogP contribution in [-0.2, 0) is 15.7 Å². The number of halogens is 1. The van der Waals surface area contributed by atoms with Crippen LogP contribution in [0.4, 0.5) is 20.6 Å². The minimum atomic E-state index is -1.70. The van der Waals surface area contributed by atoms with Crippen molar-refractivity contribution in [2.45, 2.75) is 56.8 Å². The van der Waals surface area contributed by atoms with E-state index in [0.29, 0.717) is 22.0 Å². The zero-order valence-corrected chi connectivity index (χ0v) is 19.0. The Kier molecular flexibility index (Phi) is 6.29. The Morgan fingerprint density at radius 1 is 1.19 bits per heavy atom. The van der Waals surface area contributed by atoms with Gasteiger partial charge in [0.15, 0.2) is 11.0 Å². The number of carbonyl (C=O) groups is 1. The van der Waals surface area contributed by atoms with Crippen LogP contribution in [0.5, 0.6) is 5.75 Å². The fourth-order valence-corrected chi connectivity index (χ4v) is 4.17. The maximum atomic E-state index is 13.3. The summed E-state index contributed by atoms with van der Waals surface area (Å²) in [7, 11) is -1.70. The summed E-state index contributed by atoms with van der Waals surface area (Å²) >= 11 is 0. The Hall–Kier alpha value is -2.65. The number of carbonyl (C=O) groups excluding carboxylic acids is 1. The Morgan fingerprint density at radius 3 is 2.42 bits per heavy atom. The van der Waals surface area contributed by atoms with Crippen LogP contribution in [0.1, 0.15) is 34.6 Å². The van der Waals surface area contributed by atoms with Crippen molar-refractivity contribution in [3.05, 3.63) is 48.3 Å². The molecule has 7 nitrogen and oxygen atoms in total. The number of benzene rings is 2. The van der Waals surface area contributed by atoms with Crippen molar-refractivity contribution in [1.82, 2.24) is 0 Å². The van der Waals surface area contributed by atoms with E-state index in [9.17, 15) is 18.5 Å². The van der Waals surface area contributed by atoms with Crippen molar-refractivity contribution in [3.8, 4) is 5.75 Å². The second-order valence-electron chi connectivity index (χ2n) is 8.83. The van der Waals surface area contributed by atoms with Crippen LogP contribution in [-0.4, -0.2) is 39.3 Å². The monoisotopic (exact) mass is 450 g/mol. The zero-order chi connectivity index (χ0) is 23.0. The molecule has 0 fully saturated rings.